The fraction of sp³-hybridized carbons (Fsp3) is 0.792. The van der Waals surface area contributed by atoms with Crippen LogP contribution in [-0.2, 0) is 28.8 Å². The lowest BCUT2D eigenvalue weighted by Gasteiger charge is -2.50. The van der Waals surface area contributed by atoms with Crippen molar-refractivity contribution in [3.8, 4) is 0 Å². The van der Waals surface area contributed by atoms with Crippen molar-refractivity contribution in [1.82, 2.24) is 0 Å². The van der Waals surface area contributed by atoms with Crippen LogP contribution in [-0.4, -0.2) is 36.4 Å². The summed E-state index contributed by atoms with van der Waals surface area (Å²) in [6.45, 7) is 12.6. The van der Waals surface area contributed by atoms with Crippen LogP contribution < -0.4 is 0 Å². The Hall–Kier alpha value is -2.02. The minimum absolute atomic E-state index is 0.0895. The summed E-state index contributed by atoms with van der Waals surface area (Å²) < 4.78 is 11.8. The second kappa shape index (κ2) is 28.4. The lowest BCUT2D eigenvalue weighted by molar-refractivity contribution is -0.436. The molecule has 1 heterocycles. The van der Waals surface area contributed by atoms with Gasteiger partial charge in [0.15, 0.2) is 5.78 Å². The number of methoxy groups -OCH3 is 1. The van der Waals surface area contributed by atoms with E-state index < -0.39 is 5.79 Å². The summed E-state index contributed by atoms with van der Waals surface area (Å²) >= 11 is 0. The molecule has 0 spiro atoms. The van der Waals surface area contributed by atoms with Gasteiger partial charge in [0.25, 0.3) is 0 Å². The van der Waals surface area contributed by atoms with Gasteiger partial charge in [-0.25, -0.2) is 4.89 Å². The predicted octanol–water partition coefficient (Wildman–Crippen LogP) is 14.3. The molecule has 0 aromatic heterocycles. The fourth-order valence-corrected chi connectivity index (χ4v) is 8.01. The molecule has 0 amide bonds. The van der Waals surface area contributed by atoms with Crippen LogP contribution in [0, 0.1) is 0 Å². The zero-order valence-corrected chi connectivity index (χ0v) is 36.1. The van der Waals surface area contributed by atoms with Crippen LogP contribution in [0.4, 0.5) is 0 Å². The number of esters is 1. The number of ether oxygens (including phenoxy) is 2. The molecule has 6 heteroatoms. The normalized spacial score (nSPS) is 21.1. The minimum atomic E-state index is -1.17. The Bertz CT molecular complexity index is 1180. The van der Waals surface area contributed by atoms with Crippen LogP contribution in [0.15, 0.2) is 46.6 Å². The molecule has 0 saturated carbocycles. The van der Waals surface area contributed by atoms with Crippen molar-refractivity contribution in [3.63, 3.8) is 0 Å². The number of rotatable bonds is 32. The first-order valence-corrected chi connectivity index (χ1v) is 22.5. The van der Waals surface area contributed by atoms with Crippen molar-refractivity contribution in [2.75, 3.05) is 7.11 Å². The van der Waals surface area contributed by atoms with Gasteiger partial charge in [-0.15, -0.1) is 0 Å². The largest absolute Gasteiger partial charge is 0.469 e. The molecule has 1 saturated heterocycles. The molecule has 0 aromatic carbocycles. The molecule has 6 nitrogen and oxygen atoms in total. The maximum atomic E-state index is 13.3. The highest BCUT2D eigenvalue weighted by molar-refractivity contribution is 6.10. The number of carbonyl (C=O) groups excluding carboxylic acids is 2. The van der Waals surface area contributed by atoms with Crippen LogP contribution in [0.2, 0.25) is 0 Å². The average molecular weight is 755 g/mol. The molecular formula is C48H82O6. The van der Waals surface area contributed by atoms with E-state index in [-0.39, 0.29) is 23.5 Å². The Labute approximate surface area is 332 Å². The Kier molecular flexibility index (Phi) is 25.3. The summed E-state index contributed by atoms with van der Waals surface area (Å²) in [5.74, 6) is -1.20. The van der Waals surface area contributed by atoms with Crippen molar-refractivity contribution in [2.24, 2.45) is 0 Å². The second-order valence-electron chi connectivity index (χ2n) is 16.6. The number of allylic oxidation sites excluding steroid dienone is 5. The molecular weight excluding hydrogens is 673 g/mol. The van der Waals surface area contributed by atoms with Gasteiger partial charge >= 0.3 is 5.97 Å². The zero-order chi connectivity index (χ0) is 39.5. The molecule has 0 radical (unpaired) electrons. The van der Waals surface area contributed by atoms with E-state index in [9.17, 15) is 9.59 Å². The lowest BCUT2D eigenvalue weighted by Crippen LogP contribution is -2.54. The molecule has 1 aliphatic heterocycles. The lowest BCUT2D eigenvalue weighted by atomic mass is 9.75. The highest BCUT2D eigenvalue weighted by Gasteiger charge is 2.54. The molecule has 1 aliphatic carbocycles. The van der Waals surface area contributed by atoms with E-state index in [1.807, 2.05) is 20.8 Å². The topological polar surface area (TPSA) is 71.1 Å². The van der Waals surface area contributed by atoms with E-state index in [0.717, 1.165) is 107 Å². The summed E-state index contributed by atoms with van der Waals surface area (Å²) in [5.41, 5.74) is 2.83. The van der Waals surface area contributed by atoms with Crippen LogP contribution in [0.5, 0.6) is 0 Å². The molecule has 0 N–H and O–H groups in total. The minimum Gasteiger partial charge on any atom is -0.469 e. The Morgan fingerprint density at radius 1 is 0.741 bits per heavy atom. The van der Waals surface area contributed by atoms with Gasteiger partial charge in [0.05, 0.1) is 12.7 Å². The molecule has 0 bridgehead atoms. The third-order valence-corrected chi connectivity index (χ3v) is 11.9. The number of unbranched alkanes of at least 4 members (excludes halogenated alkanes) is 20. The number of Topliss-reactive ketones (excluding diaryl/α,β-unsaturated/α-hetero) is 1. The SMILES string of the molecule is CCCCCCCCCCCCCCCC[C@]1(C)CCC2=C(C)C(=O)C(C)=C(C)[C@@]2(OO[C@H](/C=C/C=C\CCCCCCCC(=O)OC)CCCCC)O1. The molecule has 310 valence electrons. The predicted molar refractivity (Wildman–Crippen MR) is 225 cm³/mol. The summed E-state index contributed by atoms with van der Waals surface area (Å²) in [6.07, 6.45) is 40.9. The number of hydrogen-bond acceptors (Lipinski definition) is 6. The van der Waals surface area contributed by atoms with Crippen molar-refractivity contribution < 1.29 is 28.8 Å². The van der Waals surface area contributed by atoms with E-state index >= 15 is 0 Å². The standard InChI is InChI=1S/C48H82O6/c1-8-10-12-13-14-15-16-17-18-19-23-26-29-33-38-47(6)39-37-44-41(4)46(50)40(3)42(5)48(44,53-47)54-52-43(34-30-11-9-2)35-31-27-24-21-20-22-25-28-32-36-45(49)51-7/h24,27,31,35,43H,8-23,25-26,28-30,32-34,36-39H2,1-7H3/b27-24-,35-31+/t43-,47+,48-/m0/s1. The zero-order valence-electron chi connectivity index (χ0n) is 36.1. The maximum absolute atomic E-state index is 13.3. The third kappa shape index (κ3) is 17.8. The Balaban J connectivity index is 1.92. The summed E-state index contributed by atoms with van der Waals surface area (Å²) in [4.78, 5) is 37.5. The van der Waals surface area contributed by atoms with Gasteiger partial charge < -0.3 is 9.47 Å². The van der Waals surface area contributed by atoms with E-state index in [4.69, 9.17) is 19.2 Å². The highest BCUT2D eigenvalue weighted by Crippen LogP contribution is 2.50. The number of ketones is 1. The van der Waals surface area contributed by atoms with Gasteiger partial charge in [0.2, 0.25) is 5.79 Å². The first kappa shape index (κ1) is 48.1. The highest BCUT2D eigenvalue weighted by atomic mass is 17.2. The van der Waals surface area contributed by atoms with Crippen molar-refractivity contribution in [1.29, 1.82) is 0 Å². The number of fused-ring (bicyclic) bond motifs is 1. The van der Waals surface area contributed by atoms with Gasteiger partial charge in [0, 0.05) is 23.1 Å². The quantitative estimate of drug-likeness (QED) is 0.0224. The van der Waals surface area contributed by atoms with Crippen LogP contribution in [0.25, 0.3) is 0 Å². The number of carbonyl (C=O) groups is 2. The number of hydrogen-bond donors (Lipinski definition) is 0. The van der Waals surface area contributed by atoms with Gasteiger partial charge in [-0.05, 0) is 78.2 Å². The molecule has 0 aromatic rings. The molecule has 2 aliphatic rings. The van der Waals surface area contributed by atoms with Crippen LogP contribution in [0.1, 0.15) is 221 Å². The summed E-state index contributed by atoms with van der Waals surface area (Å²) in [5, 5.41) is 0. The van der Waals surface area contributed by atoms with E-state index in [1.165, 1.54) is 90.6 Å². The van der Waals surface area contributed by atoms with Crippen molar-refractivity contribution in [2.45, 2.75) is 239 Å². The van der Waals surface area contributed by atoms with E-state index in [1.54, 1.807) is 0 Å². The average Bonchev–Trinajstić information content (AvgIpc) is 3.17. The van der Waals surface area contributed by atoms with Gasteiger partial charge in [0.1, 0.15) is 6.10 Å². The molecule has 3 atom stereocenters. The molecule has 2 rings (SSSR count). The summed E-state index contributed by atoms with van der Waals surface area (Å²) in [6, 6.07) is 0. The first-order chi connectivity index (χ1) is 26.1. The first-order valence-electron chi connectivity index (χ1n) is 22.5. The van der Waals surface area contributed by atoms with Crippen LogP contribution >= 0.6 is 0 Å². The second-order valence-corrected chi connectivity index (χ2v) is 16.6. The van der Waals surface area contributed by atoms with Crippen LogP contribution in [0.3, 0.4) is 0 Å². The Morgan fingerprint density at radius 3 is 1.91 bits per heavy atom. The third-order valence-electron chi connectivity index (χ3n) is 11.9. The monoisotopic (exact) mass is 755 g/mol. The van der Waals surface area contributed by atoms with Gasteiger partial charge in [-0.2, -0.15) is 4.89 Å². The molecule has 1 fully saturated rings. The van der Waals surface area contributed by atoms with Crippen molar-refractivity contribution in [3.05, 3.63) is 46.6 Å². The van der Waals surface area contributed by atoms with E-state index in [2.05, 4.69) is 45.1 Å². The van der Waals surface area contributed by atoms with E-state index in [0.29, 0.717) is 12.0 Å². The maximum Gasteiger partial charge on any atom is 0.305 e. The summed E-state index contributed by atoms with van der Waals surface area (Å²) in [7, 11) is 1.45. The van der Waals surface area contributed by atoms with Gasteiger partial charge in [-0.1, -0.05) is 167 Å². The van der Waals surface area contributed by atoms with Crippen molar-refractivity contribution >= 4 is 11.8 Å². The smallest absolute Gasteiger partial charge is 0.305 e. The molecule has 0 unspecified atom stereocenters. The van der Waals surface area contributed by atoms with Gasteiger partial charge in [-0.3, -0.25) is 9.59 Å². The fourth-order valence-electron chi connectivity index (χ4n) is 8.01. The molecule has 54 heavy (non-hydrogen) atoms. The Morgan fingerprint density at radius 2 is 1.30 bits per heavy atom.